The Morgan fingerprint density at radius 2 is 1.92 bits per heavy atom. The number of hydrogen-bond acceptors (Lipinski definition) is 4. The maximum absolute atomic E-state index is 11.5. The lowest BCUT2D eigenvalue weighted by atomic mass is 9.65. The molecule has 1 saturated carbocycles. The summed E-state index contributed by atoms with van der Waals surface area (Å²) in [4.78, 5) is 11.5. The number of rotatable bonds is 4. The van der Waals surface area contributed by atoms with Crippen LogP contribution in [0.1, 0.15) is 58.1 Å². The van der Waals surface area contributed by atoms with Crippen LogP contribution in [-0.2, 0) is 21.6 Å². The Morgan fingerprint density at radius 3 is 2.42 bits per heavy atom. The van der Waals surface area contributed by atoms with Crippen LogP contribution in [0.5, 0.6) is 0 Å². The van der Waals surface area contributed by atoms with E-state index in [1.54, 1.807) is 6.92 Å². The van der Waals surface area contributed by atoms with Gasteiger partial charge in [-0.3, -0.25) is 4.79 Å². The third kappa shape index (κ3) is 4.17. The van der Waals surface area contributed by atoms with Crippen LogP contribution in [0.2, 0.25) is 0 Å². The molecular formula is C20H30O4. The van der Waals surface area contributed by atoms with E-state index in [0.717, 1.165) is 17.5 Å². The molecule has 0 aliphatic heterocycles. The number of benzene rings is 1. The van der Waals surface area contributed by atoms with Crippen molar-refractivity contribution in [3.05, 3.63) is 35.4 Å². The van der Waals surface area contributed by atoms with E-state index in [1.807, 2.05) is 24.3 Å². The van der Waals surface area contributed by atoms with Crippen molar-refractivity contribution in [2.24, 2.45) is 11.3 Å². The van der Waals surface area contributed by atoms with Gasteiger partial charge in [0.1, 0.15) is 5.60 Å². The molecule has 134 valence electrons. The lowest BCUT2D eigenvalue weighted by molar-refractivity contribution is -0.142. The van der Waals surface area contributed by atoms with Crippen LogP contribution in [0.25, 0.3) is 0 Å². The van der Waals surface area contributed by atoms with Gasteiger partial charge in [0.2, 0.25) is 0 Å². The lowest BCUT2D eigenvalue weighted by Gasteiger charge is -2.44. The van der Waals surface area contributed by atoms with Crippen LogP contribution in [0, 0.1) is 11.3 Å². The van der Waals surface area contributed by atoms with Crippen molar-refractivity contribution >= 4 is 5.97 Å². The maximum atomic E-state index is 11.5. The van der Waals surface area contributed by atoms with Crippen LogP contribution >= 0.6 is 0 Å². The summed E-state index contributed by atoms with van der Waals surface area (Å²) >= 11 is 0. The molecule has 2 N–H and O–H groups in total. The molecule has 24 heavy (non-hydrogen) atoms. The second kappa shape index (κ2) is 7.24. The van der Waals surface area contributed by atoms with E-state index in [2.05, 4.69) is 20.8 Å². The molecule has 3 atom stereocenters. The molecule has 0 bridgehead atoms. The van der Waals surface area contributed by atoms with Gasteiger partial charge < -0.3 is 14.9 Å². The SMILES string of the molecule is CCOC(=O)Cc1ccc([C@]2(O)CC[C@@H](C(C)(C)C)C[C@H]2O)cc1. The zero-order valence-electron chi connectivity index (χ0n) is 15.2. The summed E-state index contributed by atoms with van der Waals surface area (Å²) in [5.41, 5.74) is 0.490. The molecule has 4 nitrogen and oxygen atoms in total. The Labute approximate surface area is 144 Å². The second-order valence-electron chi connectivity index (χ2n) is 7.96. The molecule has 1 fully saturated rings. The normalized spacial score (nSPS) is 27.8. The maximum Gasteiger partial charge on any atom is 0.310 e. The number of carbonyl (C=O) groups excluding carboxylic acids is 1. The highest BCUT2D eigenvalue weighted by Gasteiger charge is 2.45. The summed E-state index contributed by atoms with van der Waals surface area (Å²) in [6.45, 7) is 8.69. The van der Waals surface area contributed by atoms with E-state index in [-0.39, 0.29) is 17.8 Å². The topological polar surface area (TPSA) is 66.8 Å². The quantitative estimate of drug-likeness (QED) is 0.830. The van der Waals surface area contributed by atoms with E-state index in [1.165, 1.54) is 0 Å². The lowest BCUT2D eigenvalue weighted by Crippen LogP contribution is -2.46. The summed E-state index contributed by atoms with van der Waals surface area (Å²) in [6.07, 6.45) is 1.49. The minimum atomic E-state index is -1.20. The summed E-state index contributed by atoms with van der Waals surface area (Å²) in [5, 5.41) is 21.6. The molecule has 0 amide bonds. The van der Waals surface area contributed by atoms with Crippen molar-refractivity contribution in [3.8, 4) is 0 Å². The highest BCUT2D eigenvalue weighted by molar-refractivity contribution is 5.72. The van der Waals surface area contributed by atoms with Gasteiger partial charge in [0.15, 0.2) is 0 Å². The third-order valence-electron chi connectivity index (χ3n) is 5.27. The molecule has 0 saturated heterocycles. The zero-order chi connectivity index (χ0) is 18.0. The van der Waals surface area contributed by atoms with Gasteiger partial charge in [-0.2, -0.15) is 0 Å². The van der Waals surface area contributed by atoms with Crippen molar-refractivity contribution in [1.29, 1.82) is 0 Å². The van der Waals surface area contributed by atoms with Gasteiger partial charge in [-0.1, -0.05) is 45.0 Å². The summed E-state index contributed by atoms with van der Waals surface area (Å²) < 4.78 is 4.94. The van der Waals surface area contributed by atoms with Gasteiger partial charge in [0, 0.05) is 0 Å². The summed E-state index contributed by atoms with van der Waals surface area (Å²) in [6, 6.07) is 7.28. The fraction of sp³-hybridized carbons (Fsp3) is 0.650. The summed E-state index contributed by atoms with van der Waals surface area (Å²) in [5.74, 6) is 0.144. The number of esters is 1. The molecule has 1 aliphatic rings. The van der Waals surface area contributed by atoms with Gasteiger partial charge in [-0.15, -0.1) is 0 Å². The largest absolute Gasteiger partial charge is 0.466 e. The van der Waals surface area contributed by atoms with E-state index in [9.17, 15) is 15.0 Å². The predicted octanol–water partition coefficient (Wildman–Crippen LogP) is 3.19. The average molecular weight is 334 g/mol. The first-order valence-corrected chi connectivity index (χ1v) is 8.82. The molecule has 0 unspecified atom stereocenters. The van der Waals surface area contributed by atoms with Crippen LogP contribution in [0.4, 0.5) is 0 Å². The molecule has 0 spiro atoms. The van der Waals surface area contributed by atoms with Crippen molar-refractivity contribution in [1.82, 2.24) is 0 Å². The Balaban J connectivity index is 2.09. The molecular weight excluding hydrogens is 304 g/mol. The van der Waals surface area contributed by atoms with Gasteiger partial charge in [0.05, 0.1) is 19.1 Å². The Bertz CT molecular complexity index is 558. The van der Waals surface area contributed by atoms with Crippen LogP contribution < -0.4 is 0 Å². The fourth-order valence-corrected chi connectivity index (χ4v) is 3.56. The number of carbonyl (C=O) groups is 1. The average Bonchev–Trinajstić information content (AvgIpc) is 2.50. The highest BCUT2D eigenvalue weighted by atomic mass is 16.5. The Hall–Kier alpha value is -1.39. The zero-order valence-corrected chi connectivity index (χ0v) is 15.2. The first-order valence-electron chi connectivity index (χ1n) is 8.82. The molecule has 2 rings (SSSR count). The molecule has 4 heteroatoms. The van der Waals surface area contributed by atoms with Crippen molar-refractivity contribution in [2.45, 2.75) is 65.1 Å². The molecule has 0 heterocycles. The standard InChI is InChI=1S/C20H30O4/c1-5-24-18(22)12-14-6-8-15(9-7-14)20(23)11-10-16(13-17(20)21)19(2,3)4/h6-9,16-17,21,23H,5,10-13H2,1-4H3/t16-,17-,20-/m1/s1. The molecule has 0 radical (unpaired) electrons. The second-order valence-corrected chi connectivity index (χ2v) is 7.96. The van der Waals surface area contributed by atoms with Crippen LogP contribution in [0.3, 0.4) is 0 Å². The van der Waals surface area contributed by atoms with E-state index < -0.39 is 11.7 Å². The number of aliphatic hydroxyl groups excluding tert-OH is 1. The number of hydrogen-bond donors (Lipinski definition) is 2. The molecule has 1 aromatic rings. The summed E-state index contributed by atoms with van der Waals surface area (Å²) in [7, 11) is 0. The smallest absolute Gasteiger partial charge is 0.310 e. The first kappa shape index (κ1) is 18.9. The van der Waals surface area contributed by atoms with Gasteiger partial charge >= 0.3 is 5.97 Å². The van der Waals surface area contributed by atoms with Crippen molar-refractivity contribution in [2.75, 3.05) is 6.61 Å². The number of aliphatic hydroxyl groups is 2. The van der Waals surface area contributed by atoms with Crippen molar-refractivity contribution in [3.63, 3.8) is 0 Å². The highest BCUT2D eigenvalue weighted by Crippen LogP contribution is 2.45. The Kier molecular flexibility index (Phi) is 5.71. The van der Waals surface area contributed by atoms with Crippen molar-refractivity contribution < 1.29 is 19.7 Å². The predicted molar refractivity (Wildman–Crippen MR) is 93.5 cm³/mol. The number of ether oxygens (including phenoxy) is 1. The van der Waals surface area contributed by atoms with E-state index in [4.69, 9.17) is 4.74 Å². The fourth-order valence-electron chi connectivity index (χ4n) is 3.56. The minimum absolute atomic E-state index is 0.131. The monoisotopic (exact) mass is 334 g/mol. The minimum Gasteiger partial charge on any atom is -0.466 e. The van der Waals surface area contributed by atoms with E-state index >= 15 is 0 Å². The van der Waals surface area contributed by atoms with Gasteiger partial charge in [-0.05, 0) is 48.6 Å². The van der Waals surface area contributed by atoms with Gasteiger partial charge in [-0.25, -0.2) is 0 Å². The molecule has 0 aromatic heterocycles. The Morgan fingerprint density at radius 1 is 1.29 bits per heavy atom. The molecule has 1 aromatic carbocycles. The van der Waals surface area contributed by atoms with Gasteiger partial charge in [0.25, 0.3) is 0 Å². The van der Waals surface area contributed by atoms with E-state index in [0.29, 0.717) is 25.4 Å². The molecule has 1 aliphatic carbocycles. The van der Waals surface area contributed by atoms with Crippen LogP contribution in [-0.4, -0.2) is 28.9 Å². The van der Waals surface area contributed by atoms with Crippen LogP contribution in [0.15, 0.2) is 24.3 Å². The third-order valence-corrected chi connectivity index (χ3v) is 5.27. The first-order chi connectivity index (χ1) is 11.2.